The smallest absolute Gasteiger partial charge is 0.277 e. The summed E-state index contributed by atoms with van der Waals surface area (Å²) >= 11 is 0. The van der Waals surface area contributed by atoms with Gasteiger partial charge in [0.15, 0.2) is 11.6 Å². The zero-order valence-corrected chi connectivity index (χ0v) is 16.2. The second-order valence-corrected chi connectivity index (χ2v) is 7.99. The predicted octanol–water partition coefficient (Wildman–Crippen LogP) is 1.75. The number of hydrogen-bond acceptors (Lipinski definition) is 6. The van der Waals surface area contributed by atoms with Crippen LogP contribution in [0.4, 0.5) is 24.5 Å². The van der Waals surface area contributed by atoms with E-state index in [1.165, 1.54) is 14.1 Å². The summed E-state index contributed by atoms with van der Waals surface area (Å²) in [4.78, 5) is 16.4. The van der Waals surface area contributed by atoms with Crippen LogP contribution in [0.5, 0.6) is 0 Å². The normalized spacial score (nSPS) is 11.6. The summed E-state index contributed by atoms with van der Waals surface area (Å²) < 4.78 is 67.4. The molecule has 0 unspecified atom stereocenters. The van der Waals surface area contributed by atoms with Crippen molar-refractivity contribution in [2.75, 3.05) is 32.6 Å². The molecule has 0 spiro atoms. The quantitative estimate of drug-likeness (QED) is 0.433. The van der Waals surface area contributed by atoms with Crippen molar-refractivity contribution in [1.82, 2.24) is 9.79 Å². The molecule has 0 saturated heterocycles. The molecule has 0 radical (unpaired) electrons. The molecule has 0 aromatic heterocycles. The van der Waals surface area contributed by atoms with Crippen LogP contribution < -0.4 is 10.8 Å². The molecule has 0 aliphatic rings. The number of benzene rings is 2. The van der Waals surface area contributed by atoms with E-state index in [4.69, 9.17) is 5.11 Å². The minimum absolute atomic E-state index is 0.241. The van der Waals surface area contributed by atoms with Gasteiger partial charge in [0.2, 0.25) is 10.0 Å². The Morgan fingerprint density at radius 2 is 1.83 bits per heavy atom. The number of amides is 1. The molecule has 1 amide bonds. The molecule has 29 heavy (non-hydrogen) atoms. The fourth-order valence-corrected chi connectivity index (χ4v) is 3.10. The third kappa shape index (κ3) is 5.03. The first kappa shape index (κ1) is 22.6. The van der Waals surface area contributed by atoms with Crippen LogP contribution in [0.3, 0.4) is 0 Å². The molecule has 2 aromatic carbocycles. The van der Waals surface area contributed by atoms with Crippen LogP contribution >= 0.6 is 0 Å². The predicted molar refractivity (Wildman–Crippen MR) is 97.4 cm³/mol. The van der Waals surface area contributed by atoms with Crippen molar-refractivity contribution in [3.63, 3.8) is 0 Å². The Balaban J connectivity index is 2.41. The van der Waals surface area contributed by atoms with Crippen molar-refractivity contribution < 1.29 is 36.3 Å². The molecule has 2 rings (SSSR count). The van der Waals surface area contributed by atoms with Crippen LogP contribution in [-0.4, -0.2) is 51.0 Å². The highest BCUT2D eigenvalue weighted by Gasteiger charge is 2.22. The maximum atomic E-state index is 14.4. The van der Waals surface area contributed by atoms with Crippen molar-refractivity contribution in [2.45, 2.75) is 4.90 Å². The molecule has 0 aliphatic heterocycles. The van der Waals surface area contributed by atoms with Gasteiger partial charge in [0, 0.05) is 14.1 Å². The lowest BCUT2D eigenvalue weighted by Crippen LogP contribution is -2.26. The van der Waals surface area contributed by atoms with Gasteiger partial charge in [-0.15, -0.1) is 0 Å². The van der Waals surface area contributed by atoms with Gasteiger partial charge in [-0.25, -0.2) is 31.4 Å². The number of nitrogens with one attached hydrogen (secondary N) is 2. The van der Waals surface area contributed by atoms with Gasteiger partial charge in [0.25, 0.3) is 5.91 Å². The minimum Gasteiger partial charge on any atom is -0.394 e. The van der Waals surface area contributed by atoms with Gasteiger partial charge in [-0.3, -0.25) is 9.63 Å². The number of carbonyl (C=O) groups is 1. The number of carbonyl (C=O) groups excluding carboxylic acids is 1. The Kier molecular flexibility index (Phi) is 7.19. The first-order valence-corrected chi connectivity index (χ1v) is 9.53. The van der Waals surface area contributed by atoms with E-state index in [0.29, 0.717) is 12.1 Å². The van der Waals surface area contributed by atoms with Gasteiger partial charge in [0.1, 0.15) is 5.82 Å². The molecule has 0 bridgehead atoms. The summed E-state index contributed by atoms with van der Waals surface area (Å²) in [7, 11) is -1.37. The molecule has 0 aliphatic carbocycles. The molecule has 8 nitrogen and oxygen atoms in total. The van der Waals surface area contributed by atoms with Gasteiger partial charge in [-0.2, -0.15) is 0 Å². The Morgan fingerprint density at radius 1 is 1.14 bits per heavy atom. The minimum atomic E-state index is -3.91. The number of rotatable bonds is 8. The number of hydroxylamine groups is 1. The third-order valence-electron chi connectivity index (χ3n) is 3.68. The lowest BCUT2D eigenvalue weighted by Gasteiger charge is -2.15. The summed E-state index contributed by atoms with van der Waals surface area (Å²) in [5.74, 6) is -4.80. The molecule has 3 N–H and O–H groups in total. The molecule has 158 valence electrons. The second kappa shape index (κ2) is 9.22. The largest absolute Gasteiger partial charge is 0.394 e. The number of anilines is 2. The maximum Gasteiger partial charge on any atom is 0.277 e. The van der Waals surface area contributed by atoms with Crippen LogP contribution in [-0.2, 0) is 14.9 Å². The van der Waals surface area contributed by atoms with E-state index in [-0.39, 0.29) is 11.5 Å². The van der Waals surface area contributed by atoms with Crippen molar-refractivity contribution in [3.05, 3.63) is 53.3 Å². The number of hydrogen-bond donors (Lipinski definition) is 3. The molecule has 12 heteroatoms. The van der Waals surface area contributed by atoms with Crippen molar-refractivity contribution in [3.8, 4) is 0 Å². The summed E-state index contributed by atoms with van der Waals surface area (Å²) in [6, 6.07) is 4.44. The zero-order chi connectivity index (χ0) is 21.8. The summed E-state index contributed by atoms with van der Waals surface area (Å²) in [5, 5.41) is 10.9. The summed E-state index contributed by atoms with van der Waals surface area (Å²) in [5.41, 5.74) is 0.437. The average Bonchev–Trinajstić information content (AvgIpc) is 2.66. The van der Waals surface area contributed by atoms with E-state index in [1.807, 2.05) is 5.48 Å². The molecule has 0 heterocycles. The monoisotopic (exact) mass is 433 g/mol. The highest BCUT2D eigenvalue weighted by atomic mass is 32.2. The van der Waals surface area contributed by atoms with E-state index in [9.17, 15) is 26.4 Å². The van der Waals surface area contributed by atoms with Crippen LogP contribution in [0.2, 0.25) is 0 Å². The van der Waals surface area contributed by atoms with Gasteiger partial charge in [0.05, 0.1) is 35.0 Å². The highest BCUT2D eigenvalue weighted by molar-refractivity contribution is 7.89. The summed E-state index contributed by atoms with van der Waals surface area (Å²) in [6.07, 6.45) is 0. The number of aliphatic hydroxyl groups is 1. The van der Waals surface area contributed by atoms with E-state index >= 15 is 0 Å². The molecule has 0 saturated carbocycles. The molecule has 2 aromatic rings. The van der Waals surface area contributed by atoms with E-state index in [0.717, 1.165) is 22.5 Å². The van der Waals surface area contributed by atoms with Crippen LogP contribution in [0.15, 0.2) is 35.2 Å². The topological polar surface area (TPSA) is 108 Å². The number of sulfonamides is 1. The van der Waals surface area contributed by atoms with Gasteiger partial charge >= 0.3 is 0 Å². The van der Waals surface area contributed by atoms with Crippen molar-refractivity contribution >= 4 is 27.3 Å². The van der Waals surface area contributed by atoms with E-state index in [2.05, 4.69) is 10.2 Å². The van der Waals surface area contributed by atoms with E-state index < -0.39 is 56.9 Å². The molecular weight excluding hydrogens is 415 g/mol. The molecule has 0 atom stereocenters. The fraction of sp³-hybridized carbons (Fsp3) is 0.235. The number of halogens is 3. The van der Waals surface area contributed by atoms with Crippen molar-refractivity contribution in [1.29, 1.82) is 0 Å². The van der Waals surface area contributed by atoms with Crippen LogP contribution in [0.25, 0.3) is 0 Å². The van der Waals surface area contributed by atoms with Gasteiger partial charge in [-0.1, -0.05) is 0 Å². The Hall–Kier alpha value is -2.67. The number of aliphatic hydroxyl groups excluding tert-OH is 1. The van der Waals surface area contributed by atoms with Gasteiger partial charge in [-0.05, 0) is 30.3 Å². The van der Waals surface area contributed by atoms with E-state index in [1.54, 1.807) is 0 Å². The first-order chi connectivity index (χ1) is 13.6. The third-order valence-corrected chi connectivity index (χ3v) is 5.49. The lowest BCUT2D eigenvalue weighted by molar-refractivity contribution is 0.0168. The SMILES string of the molecule is CN(C)S(=O)(=O)c1ccc(Nc2c(C(=O)NOCCO)ccc(F)c2F)c(F)c1. The Morgan fingerprint density at radius 3 is 2.41 bits per heavy atom. The van der Waals surface area contributed by atoms with Crippen LogP contribution in [0, 0.1) is 17.5 Å². The lowest BCUT2D eigenvalue weighted by atomic mass is 10.1. The number of nitrogens with zero attached hydrogens (tertiary/aromatic N) is 1. The van der Waals surface area contributed by atoms with Gasteiger partial charge < -0.3 is 10.4 Å². The Labute approximate surface area is 164 Å². The Bertz CT molecular complexity index is 1020. The average molecular weight is 433 g/mol. The fourth-order valence-electron chi connectivity index (χ4n) is 2.18. The van der Waals surface area contributed by atoms with Crippen molar-refractivity contribution in [2.24, 2.45) is 0 Å². The summed E-state index contributed by atoms with van der Waals surface area (Å²) in [6.45, 7) is -0.634. The maximum absolute atomic E-state index is 14.4. The van der Waals surface area contributed by atoms with Crippen LogP contribution in [0.1, 0.15) is 10.4 Å². The molecule has 0 fully saturated rings. The highest BCUT2D eigenvalue weighted by Crippen LogP contribution is 2.29. The molecular formula is C17H18F3N3O5S. The first-order valence-electron chi connectivity index (χ1n) is 8.09. The standard InChI is InChI=1S/C17H18F3N3O5S/c1-23(2)29(26,27)10-3-6-14(13(19)9-10)21-16-11(4-5-12(18)15(16)20)17(25)22-28-8-7-24/h3-6,9,21,24H,7-8H2,1-2H3,(H,22,25). The second-order valence-electron chi connectivity index (χ2n) is 5.84. The zero-order valence-electron chi connectivity index (χ0n) is 15.4.